The summed E-state index contributed by atoms with van der Waals surface area (Å²) < 4.78 is 7.34. The number of hydrogen-bond donors (Lipinski definition) is 1. The Hall–Kier alpha value is -1.81. The van der Waals surface area contributed by atoms with Crippen LogP contribution in [0.4, 0.5) is 0 Å². The minimum Gasteiger partial charge on any atom is -0.497 e. The lowest BCUT2D eigenvalue weighted by molar-refractivity contribution is 0.412. The summed E-state index contributed by atoms with van der Waals surface area (Å²) in [5.74, 6) is 1.93. The highest BCUT2D eigenvalue weighted by molar-refractivity contribution is 5.27. The third-order valence-electron chi connectivity index (χ3n) is 3.09. The van der Waals surface area contributed by atoms with Gasteiger partial charge in [0.15, 0.2) is 0 Å². The van der Waals surface area contributed by atoms with Gasteiger partial charge in [0.25, 0.3) is 0 Å². The van der Waals surface area contributed by atoms with Crippen molar-refractivity contribution in [1.82, 2.24) is 14.9 Å². The SMILES string of the molecule is COc1ccc(Cn2ccnc2CNC(C)(C)C)cc1. The van der Waals surface area contributed by atoms with Crippen molar-refractivity contribution >= 4 is 0 Å². The molecule has 4 nitrogen and oxygen atoms in total. The maximum atomic E-state index is 5.17. The zero-order valence-corrected chi connectivity index (χ0v) is 12.7. The van der Waals surface area contributed by atoms with Crippen LogP contribution >= 0.6 is 0 Å². The van der Waals surface area contributed by atoms with Gasteiger partial charge in [-0.15, -0.1) is 0 Å². The monoisotopic (exact) mass is 273 g/mol. The molecule has 0 bridgehead atoms. The van der Waals surface area contributed by atoms with Crippen molar-refractivity contribution in [2.75, 3.05) is 7.11 Å². The second-order valence-electron chi connectivity index (χ2n) is 5.92. The molecule has 0 fully saturated rings. The van der Waals surface area contributed by atoms with E-state index in [1.165, 1.54) is 5.56 Å². The molecule has 2 aromatic rings. The van der Waals surface area contributed by atoms with E-state index < -0.39 is 0 Å². The van der Waals surface area contributed by atoms with Gasteiger partial charge in [0.2, 0.25) is 0 Å². The molecule has 0 saturated carbocycles. The molecule has 2 rings (SSSR count). The van der Waals surface area contributed by atoms with Gasteiger partial charge in [0, 0.05) is 24.5 Å². The Balaban J connectivity index is 2.04. The van der Waals surface area contributed by atoms with Crippen LogP contribution in [0.3, 0.4) is 0 Å². The lowest BCUT2D eigenvalue weighted by Crippen LogP contribution is -2.36. The molecule has 4 heteroatoms. The van der Waals surface area contributed by atoms with Crippen LogP contribution in [0.25, 0.3) is 0 Å². The van der Waals surface area contributed by atoms with E-state index in [9.17, 15) is 0 Å². The van der Waals surface area contributed by atoms with Crippen molar-refractivity contribution in [3.8, 4) is 5.75 Å². The molecule has 0 unspecified atom stereocenters. The van der Waals surface area contributed by atoms with E-state index in [2.05, 4.69) is 47.8 Å². The maximum absolute atomic E-state index is 5.17. The molecule has 0 radical (unpaired) electrons. The van der Waals surface area contributed by atoms with Gasteiger partial charge in [-0.2, -0.15) is 0 Å². The summed E-state index contributed by atoms with van der Waals surface area (Å²) in [6.45, 7) is 8.06. The van der Waals surface area contributed by atoms with Gasteiger partial charge in [-0.3, -0.25) is 0 Å². The van der Waals surface area contributed by atoms with Gasteiger partial charge in [-0.25, -0.2) is 4.98 Å². The zero-order valence-electron chi connectivity index (χ0n) is 12.7. The summed E-state index contributed by atoms with van der Waals surface area (Å²) in [6.07, 6.45) is 3.87. The molecule has 0 aliphatic heterocycles. The first-order valence-corrected chi connectivity index (χ1v) is 6.86. The summed E-state index contributed by atoms with van der Waals surface area (Å²) in [4.78, 5) is 4.42. The first-order chi connectivity index (χ1) is 9.48. The number of nitrogens with zero attached hydrogens (tertiary/aromatic N) is 2. The van der Waals surface area contributed by atoms with Crippen molar-refractivity contribution in [2.45, 2.75) is 39.4 Å². The highest BCUT2D eigenvalue weighted by atomic mass is 16.5. The summed E-state index contributed by atoms with van der Waals surface area (Å²) in [7, 11) is 1.68. The Morgan fingerprint density at radius 2 is 1.90 bits per heavy atom. The average molecular weight is 273 g/mol. The minimum absolute atomic E-state index is 0.0941. The molecule has 1 N–H and O–H groups in total. The van der Waals surface area contributed by atoms with E-state index in [4.69, 9.17) is 4.74 Å². The smallest absolute Gasteiger partial charge is 0.122 e. The van der Waals surface area contributed by atoms with Crippen LogP contribution in [0.5, 0.6) is 5.75 Å². The predicted molar refractivity (Wildman–Crippen MR) is 80.9 cm³/mol. The number of rotatable bonds is 5. The molecule has 0 spiro atoms. The normalized spacial score (nSPS) is 11.6. The van der Waals surface area contributed by atoms with Gasteiger partial charge >= 0.3 is 0 Å². The fourth-order valence-corrected chi connectivity index (χ4v) is 1.92. The van der Waals surface area contributed by atoms with E-state index in [-0.39, 0.29) is 5.54 Å². The van der Waals surface area contributed by atoms with Gasteiger partial charge in [-0.05, 0) is 38.5 Å². The molecule has 20 heavy (non-hydrogen) atoms. The highest BCUT2D eigenvalue weighted by Gasteiger charge is 2.11. The van der Waals surface area contributed by atoms with Gasteiger partial charge in [-0.1, -0.05) is 12.1 Å². The Morgan fingerprint density at radius 1 is 1.20 bits per heavy atom. The van der Waals surface area contributed by atoms with E-state index >= 15 is 0 Å². The average Bonchev–Trinajstić information content (AvgIpc) is 2.84. The van der Waals surface area contributed by atoms with Crippen molar-refractivity contribution in [2.24, 2.45) is 0 Å². The van der Waals surface area contributed by atoms with Gasteiger partial charge in [0.1, 0.15) is 11.6 Å². The number of ether oxygens (including phenoxy) is 1. The molecule has 0 atom stereocenters. The van der Waals surface area contributed by atoms with Gasteiger partial charge in [0.05, 0.1) is 13.7 Å². The third kappa shape index (κ3) is 4.10. The van der Waals surface area contributed by atoms with E-state index in [0.717, 1.165) is 24.7 Å². The Kier molecular flexibility index (Phi) is 4.45. The van der Waals surface area contributed by atoms with E-state index in [1.807, 2.05) is 24.5 Å². The summed E-state index contributed by atoms with van der Waals surface area (Å²) in [5, 5.41) is 3.47. The number of nitrogens with one attached hydrogen (secondary N) is 1. The molecule has 0 amide bonds. The van der Waals surface area contributed by atoms with Crippen LogP contribution in [0.15, 0.2) is 36.7 Å². The zero-order chi connectivity index (χ0) is 14.6. The first-order valence-electron chi connectivity index (χ1n) is 6.86. The third-order valence-corrected chi connectivity index (χ3v) is 3.09. The molecule has 0 aliphatic carbocycles. The lowest BCUT2D eigenvalue weighted by Gasteiger charge is -2.20. The van der Waals surface area contributed by atoms with Crippen molar-refractivity contribution in [3.63, 3.8) is 0 Å². The summed E-state index contributed by atoms with van der Waals surface area (Å²) in [5.41, 5.74) is 1.33. The van der Waals surface area contributed by atoms with E-state index in [1.54, 1.807) is 7.11 Å². The fourth-order valence-electron chi connectivity index (χ4n) is 1.92. The molecule has 108 valence electrons. The Morgan fingerprint density at radius 3 is 2.50 bits per heavy atom. The topological polar surface area (TPSA) is 39.1 Å². The summed E-state index contributed by atoms with van der Waals surface area (Å²) in [6, 6.07) is 8.14. The van der Waals surface area contributed by atoms with Crippen molar-refractivity contribution in [3.05, 3.63) is 48.0 Å². The van der Waals surface area contributed by atoms with Crippen molar-refractivity contribution < 1.29 is 4.74 Å². The fraction of sp³-hybridized carbons (Fsp3) is 0.438. The summed E-state index contributed by atoms with van der Waals surface area (Å²) >= 11 is 0. The number of methoxy groups -OCH3 is 1. The molecule has 1 aromatic heterocycles. The Labute approximate surface area is 120 Å². The van der Waals surface area contributed by atoms with Crippen LogP contribution in [-0.4, -0.2) is 22.2 Å². The molecule has 0 saturated heterocycles. The van der Waals surface area contributed by atoms with Crippen LogP contribution < -0.4 is 10.1 Å². The molecular formula is C16H23N3O. The first kappa shape index (κ1) is 14.6. The number of hydrogen-bond acceptors (Lipinski definition) is 3. The van der Waals surface area contributed by atoms with Crippen LogP contribution in [0.2, 0.25) is 0 Å². The minimum atomic E-state index is 0.0941. The highest BCUT2D eigenvalue weighted by Crippen LogP contribution is 2.13. The molecule has 1 aromatic carbocycles. The quantitative estimate of drug-likeness (QED) is 0.910. The van der Waals surface area contributed by atoms with Crippen LogP contribution in [-0.2, 0) is 13.1 Å². The maximum Gasteiger partial charge on any atom is 0.122 e. The van der Waals surface area contributed by atoms with E-state index in [0.29, 0.717) is 0 Å². The largest absolute Gasteiger partial charge is 0.497 e. The number of benzene rings is 1. The van der Waals surface area contributed by atoms with Gasteiger partial charge < -0.3 is 14.6 Å². The number of imidazole rings is 1. The standard InChI is InChI=1S/C16H23N3O/c1-16(2,3)18-11-15-17-9-10-19(15)12-13-5-7-14(20-4)8-6-13/h5-10,18H,11-12H2,1-4H3. The van der Waals surface area contributed by atoms with Crippen molar-refractivity contribution in [1.29, 1.82) is 0 Å². The number of aromatic nitrogens is 2. The van der Waals surface area contributed by atoms with Crippen LogP contribution in [0.1, 0.15) is 32.2 Å². The second-order valence-corrected chi connectivity index (χ2v) is 5.92. The lowest BCUT2D eigenvalue weighted by atomic mass is 10.1. The Bertz CT molecular complexity index is 538. The second kappa shape index (κ2) is 6.09. The molecular weight excluding hydrogens is 250 g/mol. The molecule has 0 aliphatic rings. The van der Waals surface area contributed by atoms with Crippen LogP contribution in [0, 0.1) is 0 Å². The molecule has 1 heterocycles. The predicted octanol–water partition coefficient (Wildman–Crippen LogP) is 2.83.